The summed E-state index contributed by atoms with van der Waals surface area (Å²) in [6.45, 7) is 2.71. The van der Waals surface area contributed by atoms with Crippen LogP contribution in [-0.4, -0.2) is 65.5 Å². The lowest BCUT2D eigenvalue weighted by Gasteiger charge is -2.24. The van der Waals surface area contributed by atoms with Crippen LogP contribution in [0.3, 0.4) is 0 Å². The number of aromatic nitrogens is 4. The molecule has 0 aliphatic carbocycles. The minimum atomic E-state index is -0.353. The molecule has 11 nitrogen and oxygen atoms in total. The van der Waals surface area contributed by atoms with Gasteiger partial charge in [0.1, 0.15) is 6.07 Å². The maximum absolute atomic E-state index is 12.1. The Balaban J connectivity index is 1.76. The number of amides is 1. The third kappa shape index (κ3) is 4.84. The van der Waals surface area contributed by atoms with Crippen molar-refractivity contribution in [2.75, 3.05) is 43.9 Å². The number of ether oxygens (including phenoxy) is 1. The first-order valence-corrected chi connectivity index (χ1v) is 8.34. The molecule has 140 valence electrons. The average molecular weight is 369 g/mol. The number of rotatable bonds is 6. The normalized spacial score (nSPS) is 16.2. The van der Waals surface area contributed by atoms with E-state index in [0.29, 0.717) is 30.2 Å². The van der Waals surface area contributed by atoms with Gasteiger partial charge in [-0.15, -0.1) is 10.2 Å². The maximum atomic E-state index is 12.1. The van der Waals surface area contributed by atoms with Crippen molar-refractivity contribution < 1.29 is 9.53 Å². The first kappa shape index (κ1) is 18.4. The summed E-state index contributed by atoms with van der Waals surface area (Å²) in [6.07, 6.45) is 2.78. The zero-order valence-corrected chi connectivity index (χ0v) is 14.7. The van der Waals surface area contributed by atoms with Crippen LogP contribution in [0.2, 0.25) is 0 Å². The minimum Gasteiger partial charge on any atom is -0.380 e. The molecule has 2 aromatic rings. The third-order valence-electron chi connectivity index (χ3n) is 3.78. The van der Waals surface area contributed by atoms with E-state index in [1.165, 1.54) is 19.4 Å². The number of nitrogens with zero attached hydrogens (tertiary/aromatic N) is 5. The zero-order chi connectivity index (χ0) is 19.1. The van der Waals surface area contributed by atoms with Crippen LogP contribution in [0.1, 0.15) is 16.1 Å². The monoisotopic (exact) mass is 369 g/mol. The van der Waals surface area contributed by atoms with Gasteiger partial charge in [0.15, 0.2) is 11.5 Å². The zero-order valence-electron chi connectivity index (χ0n) is 14.7. The Kier molecular flexibility index (Phi) is 6.03. The molecule has 0 spiro atoms. The van der Waals surface area contributed by atoms with Crippen LogP contribution >= 0.6 is 0 Å². The summed E-state index contributed by atoms with van der Waals surface area (Å²) in [5, 5.41) is 28.7. The van der Waals surface area contributed by atoms with Crippen LogP contribution in [0, 0.1) is 11.3 Å². The largest absolute Gasteiger partial charge is 0.380 e. The van der Waals surface area contributed by atoms with Crippen molar-refractivity contribution in [3.8, 4) is 6.07 Å². The molecule has 3 rings (SSSR count). The summed E-state index contributed by atoms with van der Waals surface area (Å²) in [7, 11) is 1.53. The average Bonchev–Trinajstić information content (AvgIpc) is 2.73. The smallest absolute Gasteiger partial charge is 0.273 e. The summed E-state index contributed by atoms with van der Waals surface area (Å²) >= 11 is 0. The Morgan fingerprint density at radius 2 is 2.22 bits per heavy atom. The van der Waals surface area contributed by atoms with Crippen molar-refractivity contribution >= 4 is 23.4 Å². The number of carbonyl (C=O) groups is 1. The van der Waals surface area contributed by atoms with Gasteiger partial charge in [0.25, 0.3) is 5.91 Å². The number of hydrogen-bond donors (Lipinski definition) is 4. The lowest BCUT2D eigenvalue weighted by Crippen LogP contribution is -2.42. The summed E-state index contributed by atoms with van der Waals surface area (Å²) in [5.41, 5.74) is 1.03. The number of nitrogens with one attached hydrogen (secondary N) is 4. The Hall–Kier alpha value is -3.36. The van der Waals surface area contributed by atoms with E-state index in [1.807, 2.05) is 6.07 Å². The van der Waals surface area contributed by atoms with Crippen molar-refractivity contribution in [1.82, 2.24) is 30.8 Å². The molecule has 2 aromatic heterocycles. The Morgan fingerprint density at radius 1 is 1.41 bits per heavy atom. The molecule has 4 N–H and O–H groups in total. The molecule has 27 heavy (non-hydrogen) atoms. The quantitative estimate of drug-likeness (QED) is 0.531. The van der Waals surface area contributed by atoms with E-state index < -0.39 is 0 Å². The number of morpholine rings is 1. The number of nitriles is 1. The predicted molar refractivity (Wildman–Crippen MR) is 96.6 cm³/mol. The lowest BCUT2D eigenvalue weighted by molar-refractivity contribution is 0.0372. The van der Waals surface area contributed by atoms with Gasteiger partial charge in [-0.3, -0.25) is 4.79 Å². The fraction of sp³-hybridized carbons (Fsp3) is 0.375. The molecule has 0 bridgehead atoms. The van der Waals surface area contributed by atoms with Gasteiger partial charge in [-0.2, -0.15) is 5.26 Å². The minimum absolute atomic E-state index is 0.0114. The molecule has 3 heterocycles. The van der Waals surface area contributed by atoms with Gasteiger partial charge in [0, 0.05) is 32.7 Å². The second kappa shape index (κ2) is 8.84. The fourth-order valence-electron chi connectivity index (χ4n) is 2.41. The van der Waals surface area contributed by atoms with Crippen LogP contribution < -0.4 is 21.3 Å². The predicted octanol–water partition coefficient (Wildman–Crippen LogP) is -0.358. The number of anilines is 3. The number of carbonyl (C=O) groups excluding carboxylic acids is 1. The molecule has 1 aliphatic heterocycles. The summed E-state index contributed by atoms with van der Waals surface area (Å²) in [6, 6.07) is 3.60. The van der Waals surface area contributed by atoms with Gasteiger partial charge < -0.3 is 26.0 Å². The second-order valence-electron chi connectivity index (χ2n) is 5.68. The van der Waals surface area contributed by atoms with E-state index in [0.717, 1.165) is 13.1 Å². The highest BCUT2D eigenvalue weighted by molar-refractivity contribution is 5.97. The van der Waals surface area contributed by atoms with E-state index >= 15 is 0 Å². The van der Waals surface area contributed by atoms with Crippen LogP contribution in [0.25, 0.3) is 0 Å². The molecule has 11 heteroatoms. The molecule has 0 aromatic carbocycles. The maximum Gasteiger partial charge on any atom is 0.273 e. The first-order valence-electron chi connectivity index (χ1n) is 8.34. The highest BCUT2D eigenvalue weighted by atomic mass is 16.5. The topological polar surface area (TPSA) is 150 Å². The van der Waals surface area contributed by atoms with Gasteiger partial charge in [0.2, 0.25) is 5.95 Å². The van der Waals surface area contributed by atoms with Crippen LogP contribution in [0.15, 0.2) is 18.5 Å². The molecule has 1 atom stereocenters. The summed E-state index contributed by atoms with van der Waals surface area (Å²) < 4.78 is 5.65. The van der Waals surface area contributed by atoms with Crippen LogP contribution in [-0.2, 0) is 4.74 Å². The van der Waals surface area contributed by atoms with Gasteiger partial charge in [0.05, 0.1) is 36.4 Å². The summed E-state index contributed by atoms with van der Waals surface area (Å²) in [4.78, 5) is 20.1. The Labute approximate surface area is 155 Å². The SMILES string of the molecule is CNC(=O)c1nnc(Nc2ncc(C#N)cn2)cc1NCC1CNCCO1. The Morgan fingerprint density at radius 3 is 2.89 bits per heavy atom. The lowest BCUT2D eigenvalue weighted by atomic mass is 10.2. The molecule has 0 saturated carbocycles. The standard InChI is InChI=1S/C16H19N9O2/c1-18-15(26)14-12(20-9-11-8-19-2-3-27-11)4-13(24-25-14)23-16-21-6-10(5-17)7-22-16/h4,6-7,11,19H,2-3,8-9H2,1H3,(H,18,26)(H2,20,21,22,23,24). The van der Waals surface area contributed by atoms with E-state index in [4.69, 9.17) is 10.00 Å². The summed E-state index contributed by atoms with van der Waals surface area (Å²) in [5.74, 6) is 0.271. The molecule has 0 radical (unpaired) electrons. The fourth-order valence-corrected chi connectivity index (χ4v) is 2.41. The van der Waals surface area contributed by atoms with E-state index in [-0.39, 0.29) is 23.7 Å². The van der Waals surface area contributed by atoms with Crippen molar-refractivity contribution in [1.29, 1.82) is 5.26 Å². The molecule has 1 fully saturated rings. The highest BCUT2D eigenvalue weighted by Crippen LogP contribution is 2.19. The molecule has 1 aliphatic rings. The van der Waals surface area contributed by atoms with Gasteiger partial charge >= 0.3 is 0 Å². The highest BCUT2D eigenvalue weighted by Gasteiger charge is 2.18. The van der Waals surface area contributed by atoms with Crippen molar-refractivity contribution in [2.45, 2.75) is 6.10 Å². The van der Waals surface area contributed by atoms with Gasteiger partial charge in [-0.05, 0) is 0 Å². The van der Waals surface area contributed by atoms with Crippen molar-refractivity contribution in [3.05, 3.63) is 29.7 Å². The first-order chi connectivity index (χ1) is 13.2. The van der Waals surface area contributed by atoms with E-state index in [2.05, 4.69) is 41.4 Å². The molecule has 1 amide bonds. The number of hydrogen-bond acceptors (Lipinski definition) is 10. The van der Waals surface area contributed by atoms with Crippen LogP contribution in [0.5, 0.6) is 0 Å². The van der Waals surface area contributed by atoms with Gasteiger partial charge in [-0.25, -0.2) is 9.97 Å². The van der Waals surface area contributed by atoms with Crippen LogP contribution in [0.4, 0.5) is 17.5 Å². The second-order valence-corrected chi connectivity index (χ2v) is 5.68. The Bertz CT molecular complexity index is 829. The van der Waals surface area contributed by atoms with Crippen molar-refractivity contribution in [2.24, 2.45) is 0 Å². The third-order valence-corrected chi connectivity index (χ3v) is 3.78. The van der Waals surface area contributed by atoms with Gasteiger partial charge in [-0.1, -0.05) is 0 Å². The molecule has 1 unspecified atom stereocenters. The van der Waals surface area contributed by atoms with E-state index in [1.54, 1.807) is 6.07 Å². The molecule has 1 saturated heterocycles. The van der Waals surface area contributed by atoms with Crippen molar-refractivity contribution in [3.63, 3.8) is 0 Å². The van der Waals surface area contributed by atoms with E-state index in [9.17, 15) is 4.79 Å². The molecular formula is C16H19N9O2. The molecular weight excluding hydrogens is 350 g/mol.